The van der Waals surface area contributed by atoms with Gasteiger partial charge in [0.15, 0.2) is 0 Å². The van der Waals surface area contributed by atoms with Crippen LogP contribution in [0.4, 0.5) is 22.0 Å². The minimum Gasteiger partial charge on any atom is -0.387 e. The minimum absolute atomic E-state index is 1.19. The summed E-state index contributed by atoms with van der Waals surface area (Å²) in [6.45, 7) is 0. The highest BCUT2D eigenvalue weighted by atomic mass is 19.4. The Balaban J connectivity index is 4.34. The van der Waals surface area contributed by atoms with Crippen LogP contribution >= 0.6 is 0 Å². The van der Waals surface area contributed by atoms with Gasteiger partial charge >= 0.3 is 12.1 Å². The van der Waals surface area contributed by atoms with Crippen LogP contribution < -0.4 is 5.73 Å². The second-order valence-electron chi connectivity index (χ2n) is 1.90. The number of hydrogen-bond acceptors (Lipinski definition) is 1. The van der Waals surface area contributed by atoms with E-state index >= 15 is 0 Å². The van der Waals surface area contributed by atoms with Gasteiger partial charge in [0.05, 0.1) is 12.3 Å². The standard InChI is InChI=1S/C4H5F5N2/c5-3(6,1-2(10)11)4(7,8)9/h1H2,(H3,10,11). The highest BCUT2D eigenvalue weighted by Crippen LogP contribution is 2.37. The molecular weight excluding hydrogens is 171 g/mol. The lowest BCUT2D eigenvalue weighted by atomic mass is 10.2. The van der Waals surface area contributed by atoms with Crippen LogP contribution in [0.3, 0.4) is 0 Å². The molecule has 0 atom stereocenters. The molecule has 0 spiro atoms. The number of amidine groups is 1. The van der Waals surface area contributed by atoms with Gasteiger partial charge in [-0.05, 0) is 0 Å². The molecule has 0 aliphatic rings. The quantitative estimate of drug-likeness (QED) is 0.374. The number of nitrogens with two attached hydrogens (primary N) is 1. The maximum Gasteiger partial charge on any atom is 0.453 e. The van der Waals surface area contributed by atoms with Crippen LogP contribution in [0.5, 0.6) is 0 Å². The summed E-state index contributed by atoms with van der Waals surface area (Å²) in [6, 6.07) is 0. The number of nitrogens with one attached hydrogen (secondary N) is 1. The molecule has 0 amide bonds. The van der Waals surface area contributed by atoms with Crippen LogP contribution in [-0.4, -0.2) is 17.9 Å². The van der Waals surface area contributed by atoms with Gasteiger partial charge in [-0.25, -0.2) is 0 Å². The molecular formula is C4H5F5N2. The fourth-order valence-corrected chi connectivity index (χ4v) is 0.339. The lowest BCUT2D eigenvalue weighted by Gasteiger charge is -2.18. The number of alkyl halides is 5. The molecule has 2 nitrogen and oxygen atoms in total. The van der Waals surface area contributed by atoms with Crippen LogP contribution in [0.1, 0.15) is 6.42 Å². The van der Waals surface area contributed by atoms with E-state index in [-0.39, 0.29) is 0 Å². The molecule has 0 saturated heterocycles. The molecule has 0 aromatic heterocycles. The summed E-state index contributed by atoms with van der Waals surface area (Å²) in [5.74, 6) is -6.08. The Morgan fingerprint density at radius 2 is 1.55 bits per heavy atom. The zero-order valence-electron chi connectivity index (χ0n) is 5.17. The molecule has 7 heteroatoms. The van der Waals surface area contributed by atoms with Crippen LogP contribution in [-0.2, 0) is 0 Å². The van der Waals surface area contributed by atoms with E-state index in [0.29, 0.717) is 0 Å². The van der Waals surface area contributed by atoms with Gasteiger partial charge in [-0.3, -0.25) is 5.41 Å². The van der Waals surface area contributed by atoms with Crippen LogP contribution in [0.15, 0.2) is 0 Å². The maximum atomic E-state index is 11.8. The Labute approximate surface area is 58.7 Å². The van der Waals surface area contributed by atoms with Crippen molar-refractivity contribution < 1.29 is 22.0 Å². The third-order valence-electron chi connectivity index (χ3n) is 0.827. The van der Waals surface area contributed by atoms with E-state index in [9.17, 15) is 22.0 Å². The summed E-state index contributed by atoms with van der Waals surface area (Å²) < 4.78 is 57.5. The Hall–Kier alpha value is -0.880. The Morgan fingerprint density at radius 1 is 1.18 bits per heavy atom. The first kappa shape index (κ1) is 10.1. The van der Waals surface area contributed by atoms with Gasteiger partial charge in [-0.1, -0.05) is 0 Å². The third-order valence-corrected chi connectivity index (χ3v) is 0.827. The van der Waals surface area contributed by atoms with Crippen molar-refractivity contribution in [1.82, 2.24) is 0 Å². The highest BCUT2D eigenvalue weighted by molar-refractivity contribution is 5.77. The van der Waals surface area contributed by atoms with E-state index < -0.39 is 24.4 Å². The van der Waals surface area contributed by atoms with Crippen molar-refractivity contribution in [3.63, 3.8) is 0 Å². The topological polar surface area (TPSA) is 49.9 Å². The number of halogens is 5. The number of rotatable bonds is 2. The van der Waals surface area contributed by atoms with Gasteiger partial charge in [-0.2, -0.15) is 22.0 Å². The first-order valence-electron chi connectivity index (χ1n) is 2.44. The molecule has 0 fully saturated rings. The summed E-state index contributed by atoms with van der Waals surface area (Å²) >= 11 is 0. The molecule has 0 aliphatic heterocycles. The van der Waals surface area contributed by atoms with Crippen molar-refractivity contribution in [3.8, 4) is 0 Å². The smallest absolute Gasteiger partial charge is 0.387 e. The van der Waals surface area contributed by atoms with Gasteiger partial charge in [0.1, 0.15) is 0 Å². The first-order valence-corrected chi connectivity index (χ1v) is 2.44. The van der Waals surface area contributed by atoms with Crippen LogP contribution in [0, 0.1) is 5.41 Å². The normalized spacial score (nSPS) is 13.2. The zero-order chi connectivity index (χ0) is 9.28. The average molecular weight is 176 g/mol. The molecule has 11 heavy (non-hydrogen) atoms. The Bertz CT molecular complexity index is 160. The molecule has 0 bridgehead atoms. The number of hydrogen-bond donors (Lipinski definition) is 2. The second kappa shape index (κ2) is 2.63. The van der Waals surface area contributed by atoms with Crippen molar-refractivity contribution in [3.05, 3.63) is 0 Å². The lowest BCUT2D eigenvalue weighted by Crippen LogP contribution is -2.39. The summed E-state index contributed by atoms with van der Waals surface area (Å²) in [7, 11) is 0. The summed E-state index contributed by atoms with van der Waals surface area (Å²) in [5.41, 5.74) is 4.38. The van der Waals surface area contributed by atoms with Crippen molar-refractivity contribution in [2.24, 2.45) is 5.73 Å². The van der Waals surface area contributed by atoms with E-state index in [2.05, 4.69) is 5.73 Å². The van der Waals surface area contributed by atoms with Gasteiger partial charge in [0.25, 0.3) is 0 Å². The molecule has 0 rings (SSSR count). The molecule has 66 valence electrons. The summed E-state index contributed by atoms with van der Waals surface area (Å²) in [6.07, 6.45) is -7.41. The largest absolute Gasteiger partial charge is 0.453 e. The van der Waals surface area contributed by atoms with Crippen molar-refractivity contribution in [1.29, 1.82) is 5.41 Å². The Morgan fingerprint density at radius 3 is 1.64 bits per heavy atom. The van der Waals surface area contributed by atoms with E-state index in [0.717, 1.165) is 0 Å². The molecule has 0 aromatic carbocycles. The lowest BCUT2D eigenvalue weighted by molar-refractivity contribution is -0.278. The van der Waals surface area contributed by atoms with E-state index in [4.69, 9.17) is 5.41 Å². The minimum atomic E-state index is -5.63. The molecule has 0 aliphatic carbocycles. The first-order chi connectivity index (χ1) is 4.67. The second-order valence-corrected chi connectivity index (χ2v) is 1.90. The predicted molar refractivity (Wildman–Crippen MR) is 27.5 cm³/mol. The molecule has 0 heterocycles. The van der Waals surface area contributed by atoms with Crippen molar-refractivity contribution in [2.45, 2.75) is 18.5 Å². The molecule has 0 radical (unpaired) electrons. The van der Waals surface area contributed by atoms with Crippen molar-refractivity contribution in [2.75, 3.05) is 0 Å². The van der Waals surface area contributed by atoms with E-state index in [1.807, 2.05) is 0 Å². The fourth-order valence-electron chi connectivity index (χ4n) is 0.339. The SMILES string of the molecule is N=C(N)CC(F)(F)C(F)(F)F. The molecule has 3 N–H and O–H groups in total. The predicted octanol–water partition coefficient (Wildman–Crippen LogP) is 1.51. The zero-order valence-corrected chi connectivity index (χ0v) is 5.17. The van der Waals surface area contributed by atoms with Crippen LogP contribution in [0.2, 0.25) is 0 Å². The van der Waals surface area contributed by atoms with Gasteiger partial charge in [0, 0.05) is 0 Å². The average Bonchev–Trinajstić information content (AvgIpc) is 1.56. The van der Waals surface area contributed by atoms with Gasteiger partial charge in [-0.15, -0.1) is 0 Å². The monoisotopic (exact) mass is 176 g/mol. The summed E-state index contributed by atoms with van der Waals surface area (Å²) in [4.78, 5) is 0. The van der Waals surface area contributed by atoms with E-state index in [1.165, 1.54) is 0 Å². The third kappa shape index (κ3) is 2.69. The maximum absolute atomic E-state index is 11.8. The van der Waals surface area contributed by atoms with Gasteiger partial charge in [0.2, 0.25) is 0 Å². The Kier molecular flexibility index (Phi) is 2.42. The molecule has 0 saturated carbocycles. The fraction of sp³-hybridized carbons (Fsp3) is 0.750. The molecule has 0 aromatic rings. The van der Waals surface area contributed by atoms with Gasteiger partial charge < -0.3 is 5.73 Å². The van der Waals surface area contributed by atoms with Crippen molar-refractivity contribution >= 4 is 5.84 Å². The highest BCUT2D eigenvalue weighted by Gasteiger charge is 2.57. The van der Waals surface area contributed by atoms with Crippen LogP contribution in [0.25, 0.3) is 0 Å². The molecule has 0 unspecified atom stereocenters. The van der Waals surface area contributed by atoms with E-state index in [1.54, 1.807) is 0 Å². The summed E-state index contributed by atoms with van der Waals surface area (Å²) in [5, 5.41) is 6.23.